The Morgan fingerprint density at radius 3 is 2.56 bits per heavy atom. The van der Waals surface area contributed by atoms with Crippen LogP contribution in [0.1, 0.15) is 17.2 Å². The highest BCUT2D eigenvalue weighted by Gasteiger charge is 2.31. The van der Waals surface area contributed by atoms with E-state index in [9.17, 15) is 26.7 Å². The van der Waals surface area contributed by atoms with Crippen LogP contribution in [0.5, 0.6) is 0 Å². The maximum Gasteiger partial charge on any atom is 0.416 e. The monoisotopic (exact) mass is 398 g/mol. The fourth-order valence-corrected chi connectivity index (χ4v) is 3.94. The molecule has 0 aliphatic carbocycles. The van der Waals surface area contributed by atoms with Crippen molar-refractivity contribution in [3.05, 3.63) is 65.9 Å². The van der Waals surface area contributed by atoms with Gasteiger partial charge in [-0.25, -0.2) is 13.1 Å². The molecule has 1 atom stereocenters. The normalized spacial score (nSPS) is 13.8. The summed E-state index contributed by atoms with van der Waals surface area (Å²) in [6.07, 6.45) is -4.11. The number of nitrogens with one attached hydrogen (secondary N) is 1. The van der Waals surface area contributed by atoms with Crippen molar-refractivity contribution in [1.82, 2.24) is 9.29 Å². The number of nitrogens with zero attached hydrogens (tertiary/aromatic N) is 1. The largest absolute Gasteiger partial charge is 0.416 e. The zero-order chi connectivity index (χ0) is 19.8. The second kappa shape index (κ2) is 6.99. The minimum atomic E-state index is -4.64. The summed E-state index contributed by atoms with van der Waals surface area (Å²) >= 11 is 0. The topological polar surface area (TPSA) is 71.3 Å². The lowest BCUT2D eigenvalue weighted by molar-refractivity contribution is -0.137. The standard InChI is InChI=1S/C18H17F3N2O3S/c1-23-11-15(14-7-2-3-8-16(14)23)17(24)10-22-27(25,26)13-6-4-5-12(9-13)18(19,20)21/h2-9,11,17,22,24H,10H2,1H3. The number of aromatic nitrogens is 1. The maximum absolute atomic E-state index is 12.8. The summed E-state index contributed by atoms with van der Waals surface area (Å²) < 4.78 is 67.0. The summed E-state index contributed by atoms with van der Waals surface area (Å²) in [6, 6.07) is 10.8. The van der Waals surface area contributed by atoms with E-state index >= 15 is 0 Å². The van der Waals surface area contributed by atoms with Crippen LogP contribution in [-0.4, -0.2) is 24.6 Å². The first-order valence-electron chi connectivity index (χ1n) is 7.98. The number of sulfonamides is 1. The van der Waals surface area contributed by atoms with Crippen molar-refractivity contribution in [3.63, 3.8) is 0 Å². The molecule has 0 saturated carbocycles. The van der Waals surface area contributed by atoms with E-state index in [0.29, 0.717) is 11.6 Å². The molecule has 9 heteroatoms. The highest BCUT2D eigenvalue weighted by molar-refractivity contribution is 7.89. The third-order valence-corrected chi connectivity index (χ3v) is 5.65. The van der Waals surface area contributed by atoms with Gasteiger partial charge in [-0.3, -0.25) is 0 Å². The number of hydrogen-bond donors (Lipinski definition) is 2. The summed E-state index contributed by atoms with van der Waals surface area (Å²) in [5.41, 5.74) is 0.340. The summed E-state index contributed by atoms with van der Waals surface area (Å²) in [5.74, 6) is 0. The summed E-state index contributed by atoms with van der Waals surface area (Å²) in [6.45, 7) is -0.368. The Morgan fingerprint density at radius 2 is 1.85 bits per heavy atom. The summed E-state index contributed by atoms with van der Waals surface area (Å²) in [4.78, 5) is -0.512. The number of aliphatic hydroxyl groups is 1. The van der Waals surface area contributed by atoms with Crippen LogP contribution in [0, 0.1) is 0 Å². The van der Waals surface area contributed by atoms with Crippen LogP contribution in [0.2, 0.25) is 0 Å². The number of hydrogen-bond acceptors (Lipinski definition) is 3. The Kier molecular flexibility index (Phi) is 5.02. The van der Waals surface area contributed by atoms with Gasteiger partial charge in [0.2, 0.25) is 10.0 Å². The Bertz CT molecular complexity index is 1070. The zero-order valence-electron chi connectivity index (χ0n) is 14.2. The van der Waals surface area contributed by atoms with E-state index in [-0.39, 0.29) is 6.54 Å². The molecule has 0 aliphatic rings. The molecule has 0 saturated heterocycles. The molecule has 0 aliphatic heterocycles. The molecule has 1 aromatic heterocycles. The molecule has 2 N–H and O–H groups in total. The van der Waals surface area contributed by atoms with E-state index in [1.807, 2.05) is 12.1 Å². The lowest BCUT2D eigenvalue weighted by atomic mass is 10.1. The van der Waals surface area contributed by atoms with Gasteiger partial charge in [0.15, 0.2) is 0 Å². The van der Waals surface area contributed by atoms with Gasteiger partial charge in [0.1, 0.15) is 0 Å². The van der Waals surface area contributed by atoms with Crippen molar-refractivity contribution in [2.45, 2.75) is 17.2 Å². The molecule has 0 bridgehead atoms. The van der Waals surface area contributed by atoms with Crippen molar-refractivity contribution in [1.29, 1.82) is 0 Å². The van der Waals surface area contributed by atoms with Gasteiger partial charge in [-0.15, -0.1) is 0 Å². The van der Waals surface area contributed by atoms with Crippen LogP contribution in [0.4, 0.5) is 13.2 Å². The zero-order valence-corrected chi connectivity index (χ0v) is 15.1. The van der Waals surface area contributed by atoms with Crippen molar-refractivity contribution < 1.29 is 26.7 Å². The number of aliphatic hydroxyl groups excluding tert-OH is 1. The molecule has 144 valence electrons. The van der Waals surface area contributed by atoms with Gasteiger partial charge in [-0.1, -0.05) is 24.3 Å². The lowest BCUT2D eigenvalue weighted by Gasteiger charge is -2.13. The van der Waals surface area contributed by atoms with Gasteiger partial charge in [-0.05, 0) is 24.3 Å². The lowest BCUT2D eigenvalue weighted by Crippen LogP contribution is -2.28. The van der Waals surface area contributed by atoms with E-state index < -0.39 is 32.8 Å². The molecule has 0 fully saturated rings. The number of alkyl halides is 3. The smallest absolute Gasteiger partial charge is 0.387 e. The third-order valence-electron chi connectivity index (χ3n) is 4.23. The van der Waals surface area contributed by atoms with Gasteiger partial charge in [0, 0.05) is 36.3 Å². The number of rotatable bonds is 5. The van der Waals surface area contributed by atoms with E-state index in [4.69, 9.17) is 0 Å². The van der Waals surface area contributed by atoms with E-state index in [1.165, 1.54) is 0 Å². The van der Waals surface area contributed by atoms with Crippen LogP contribution in [0.3, 0.4) is 0 Å². The van der Waals surface area contributed by atoms with Gasteiger partial charge in [0.05, 0.1) is 16.6 Å². The molecule has 27 heavy (non-hydrogen) atoms. The van der Waals surface area contributed by atoms with Gasteiger partial charge >= 0.3 is 6.18 Å². The number of fused-ring (bicyclic) bond motifs is 1. The predicted octanol–water partition coefficient (Wildman–Crippen LogP) is 3.21. The van der Waals surface area contributed by atoms with Crippen molar-refractivity contribution >= 4 is 20.9 Å². The molecule has 0 spiro atoms. The van der Waals surface area contributed by atoms with Gasteiger partial charge < -0.3 is 9.67 Å². The first-order valence-corrected chi connectivity index (χ1v) is 9.47. The number of para-hydroxylation sites is 1. The van der Waals surface area contributed by atoms with Crippen LogP contribution >= 0.6 is 0 Å². The number of halogens is 3. The average Bonchev–Trinajstić information content (AvgIpc) is 2.96. The SMILES string of the molecule is Cn1cc(C(O)CNS(=O)(=O)c2cccc(C(F)(F)F)c2)c2ccccc21. The minimum Gasteiger partial charge on any atom is -0.387 e. The minimum absolute atomic E-state index is 0.368. The van der Waals surface area contributed by atoms with Gasteiger partial charge in [-0.2, -0.15) is 13.2 Å². The van der Waals surface area contributed by atoms with E-state index in [2.05, 4.69) is 4.72 Å². The molecule has 2 aromatic carbocycles. The predicted molar refractivity (Wildman–Crippen MR) is 94.5 cm³/mol. The van der Waals surface area contributed by atoms with Crippen molar-refractivity contribution in [3.8, 4) is 0 Å². The first-order chi connectivity index (χ1) is 12.6. The molecule has 5 nitrogen and oxygen atoms in total. The van der Waals surface area contributed by atoms with E-state index in [0.717, 1.165) is 29.1 Å². The third kappa shape index (κ3) is 4.00. The molecule has 1 heterocycles. The Morgan fingerprint density at radius 1 is 1.15 bits per heavy atom. The maximum atomic E-state index is 12.8. The van der Waals surface area contributed by atoms with E-state index in [1.54, 1.807) is 29.9 Å². The second-order valence-corrected chi connectivity index (χ2v) is 7.87. The summed E-state index contributed by atoms with van der Waals surface area (Å²) in [7, 11) is -2.41. The van der Waals surface area contributed by atoms with Crippen LogP contribution in [0.25, 0.3) is 10.9 Å². The highest BCUT2D eigenvalue weighted by atomic mass is 32.2. The van der Waals surface area contributed by atoms with Crippen molar-refractivity contribution in [2.75, 3.05) is 6.54 Å². The van der Waals surface area contributed by atoms with Crippen molar-refractivity contribution in [2.24, 2.45) is 7.05 Å². The quantitative estimate of drug-likeness (QED) is 0.693. The summed E-state index contributed by atoms with van der Waals surface area (Å²) in [5, 5.41) is 11.2. The fourth-order valence-electron chi connectivity index (χ4n) is 2.86. The molecule has 0 amide bonds. The van der Waals surface area contributed by atoms with Crippen LogP contribution in [0.15, 0.2) is 59.6 Å². The Labute approximate surface area is 154 Å². The van der Waals surface area contributed by atoms with Crippen LogP contribution < -0.4 is 4.72 Å². The second-order valence-electron chi connectivity index (χ2n) is 6.11. The molecule has 3 rings (SSSR count). The Balaban J connectivity index is 1.81. The fraction of sp³-hybridized carbons (Fsp3) is 0.222. The Hall–Kier alpha value is -2.36. The average molecular weight is 398 g/mol. The van der Waals surface area contributed by atoms with Crippen LogP contribution in [-0.2, 0) is 23.2 Å². The molecule has 1 unspecified atom stereocenters. The number of aryl methyl sites for hydroxylation is 1. The number of benzene rings is 2. The van der Waals surface area contributed by atoms with Gasteiger partial charge in [0.25, 0.3) is 0 Å². The highest BCUT2D eigenvalue weighted by Crippen LogP contribution is 2.30. The molecule has 0 radical (unpaired) electrons. The molecule has 3 aromatic rings. The molecular formula is C18H17F3N2O3S. The first kappa shape index (κ1) is 19.4. The molecular weight excluding hydrogens is 381 g/mol.